The van der Waals surface area contributed by atoms with E-state index >= 15 is 0 Å². The van der Waals surface area contributed by atoms with Crippen LogP contribution in [0.4, 0.5) is 0 Å². The van der Waals surface area contributed by atoms with Crippen molar-refractivity contribution in [3.63, 3.8) is 0 Å². The number of thiazole rings is 1. The normalized spacial score (nSPS) is 16.7. The summed E-state index contributed by atoms with van der Waals surface area (Å²) in [7, 11) is 0. The van der Waals surface area contributed by atoms with Gasteiger partial charge in [-0.25, -0.2) is 4.98 Å². The highest BCUT2D eigenvalue weighted by Gasteiger charge is 2.24. The van der Waals surface area contributed by atoms with Gasteiger partial charge in [0.25, 0.3) is 0 Å². The van der Waals surface area contributed by atoms with Crippen molar-refractivity contribution in [3.05, 3.63) is 16.6 Å². The molecule has 2 N–H and O–H groups in total. The summed E-state index contributed by atoms with van der Waals surface area (Å²) in [5, 5.41) is 21.3. The van der Waals surface area contributed by atoms with Gasteiger partial charge in [0, 0.05) is 6.20 Å². The molecule has 0 aromatic carbocycles. The molecule has 3 nitrogen and oxygen atoms in total. The molecule has 1 atom stereocenters. The Labute approximate surface area is 63.0 Å². The zero-order valence-corrected chi connectivity index (χ0v) is 6.35. The first-order chi connectivity index (χ1) is 4.67. The monoisotopic (exact) mass is 158 g/mol. The van der Waals surface area contributed by atoms with Crippen LogP contribution in [0.1, 0.15) is 11.9 Å². The van der Waals surface area contributed by atoms with Crippen LogP contribution in [0.25, 0.3) is 0 Å². The summed E-state index contributed by atoms with van der Waals surface area (Å²) in [6.07, 6.45) is 1.48. The minimum Gasteiger partial charge on any atom is -0.393 e. The number of aliphatic hydroxyl groups excluding tert-OH is 1. The lowest BCUT2D eigenvalue weighted by Gasteiger charge is -2.15. The van der Waals surface area contributed by atoms with Gasteiger partial charge in [0.1, 0.15) is 10.6 Å². The Bertz CT molecular complexity index is 196. The van der Waals surface area contributed by atoms with Crippen molar-refractivity contribution < 1.29 is 10.2 Å². The van der Waals surface area contributed by atoms with Crippen LogP contribution in [0.15, 0.2) is 6.20 Å². The molecule has 1 heterocycles. The van der Waals surface area contributed by atoms with Gasteiger partial charge in [-0.3, -0.25) is 0 Å². The molecule has 1 aromatic rings. The van der Waals surface area contributed by atoms with E-state index in [0.29, 0.717) is 5.01 Å². The zero-order valence-electron chi connectivity index (χ0n) is 5.53. The number of hydrogen-bond donors (Lipinski definition) is 2. The molecule has 1 rings (SSSR count). The fourth-order valence-electron chi connectivity index (χ4n) is 0.510. The van der Waals surface area contributed by atoms with Crippen molar-refractivity contribution in [2.75, 3.05) is 6.61 Å². The quantitative estimate of drug-likeness (QED) is 0.644. The predicted octanol–water partition coefficient (Wildman–Crippen LogP) is 0.143. The molecule has 0 spiro atoms. The van der Waals surface area contributed by atoms with Crippen LogP contribution in [0.2, 0.25) is 0 Å². The topological polar surface area (TPSA) is 53.4 Å². The van der Waals surface area contributed by atoms with Crippen molar-refractivity contribution in [1.82, 2.24) is 4.98 Å². The van der Waals surface area contributed by atoms with Crippen LogP contribution in [-0.2, 0) is 5.60 Å². The molecule has 0 aliphatic rings. The molecule has 0 aliphatic carbocycles. The van der Waals surface area contributed by atoms with Gasteiger partial charge < -0.3 is 10.2 Å². The summed E-state index contributed by atoms with van der Waals surface area (Å²) < 4.78 is 0. The minimum atomic E-state index is -1.20. The van der Waals surface area contributed by atoms with Crippen molar-refractivity contribution >= 4 is 11.3 Å². The van der Waals surface area contributed by atoms with Crippen molar-refractivity contribution in [1.29, 1.82) is 0 Å². The van der Waals surface area contributed by atoms with Crippen LogP contribution in [-0.4, -0.2) is 21.8 Å². The molecular weight excluding hydrogens is 150 g/mol. The second kappa shape index (κ2) is 2.65. The summed E-state index contributed by atoms with van der Waals surface area (Å²) in [5.41, 5.74) is -1.20. The Morgan fingerprint density at radius 2 is 2.60 bits per heavy atom. The Hall–Kier alpha value is -0.450. The lowest BCUT2D eigenvalue weighted by Crippen LogP contribution is -2.25. The van der Waals surface area contributed by atoms with E-state index < -0.39 is 5.60 Å². The van der Waals surface area contributed by atoms with E-state index in [2.05, 4.69) is 10.4 Å². The zero-order chi connectivity index (χ0) is 7.61. The first kappa shape index (κ1) is 7.65. The molecule has 0 aliphatic heterocycles. The lowest BCUT2D eigenvalue weighted by molar-refractivity contribution is -0.00244. The molecule has 0 amide bonds. The van der Waals surface area contributed by atoms with Crippen molar-refractivity contribution in [2.24, 2.45) is 0 Å². The average Bonchev–Trinajstić information content (AvgIpc) is 2.38. The Balaban J connectivity index is 2.85. The largest absolute Gasteiger partial charge is 0.393 e. The molecule has 10 heavy (non-hydrogen) atoms. The van der Waals surface area contributed by atoms with Crippen LogP contribution in [0.3, 0.4) is 0 Å². The van der Waals surface area contributed by atoms with Gasteiger partial charge in [-0.05, 0) is 6.92 Å². The summed E-state index contributed by atoms with van der Waals surface area (Å²) in [6, 6.07) is 0. The molecule has 4 heteroatoms. The summed E-state index contributed by atoms with van der Waals surface area (Å²) in [5.74, 6) is 0. The smallest absolute Gasteiger partial charge is 0.136 e. The maximum absolute atomic E-state index is 9.36. The van der Waals surface area contributed by atoms with Gasteiger partial charge in [0.15, 0.2) is 0 Å². The molecule has 1 aromatic heterocycles. The lowest BCUT2D eigenvalue weighted by atomic mass is 10.1. The predicted molar refractivity (Wildman–Crippen MR) is 37.6 cm³/mol. The van der Waals surface area contributed by atoms with E-state index in [0.717, 1.165) is 0 Å². The standard InChI is InChI=1S/C6H8NO2S/c1-6(9,4-8)5-7-2-3-10-5/h2,8-9H,4H2,1H3/t6-/m0/s1. The highest BCUT2D eigenvalue weighted by molar-refractivity contribution is 7.09. The number of rotatable bonds is 2. The second-order valence-corrected chi connectivity index (χ2v) is 3.04. The Morgan fingerprint density at radius 3 is 3.00 bits per heavy atom. The van der Waals surface area contributed by atoms with E-state index in [9.17, 15) is 5.11 Å². The average molecular weight is 158 g/mol. The maximum atomic E-state index is 9.36. The van der Waals surface area contributed by atoms with Crippen LogP contribution >= 0.6 is 11.3 Å². The third-order valence-electron chi connectivity index (χ3n) is 1.16. The number of hydrogen-bond acceptors (Lipinski definition) is 4. The van der Waals surface area contributed by atoms with Crippen molar-refractivity contribution in [2.45, 2.75) is 12.5 Å². The van der Waals surface area contributed by atoms with Gasteiger partial charge in [-0.1, -0.05) is 0 Å². The first-order valence-electron chi connectivity index (χ1n) is 2.82. The molecular formula is C6H8NO2S. The second-order valence-electron chi connectivity index (χ2n) is 2.22. The van der Waals surface area contributed by atoms with Gasteiger partial charge >= 0.3 is 0 Å². The molecule has 0 saturated carbocycles. The van der Waals surface area contributed by atoms with Crippen molar-refractivity contribution in [3.8, 4) is 0 Å². The fraction of sp³-hybridized carbons (Fsp3) is 0.500. The summed E-state index contributed by atoms with van der Waals surface area (Å²) in [4.78, 5) is 3.81. The van der Waals surface area contributed by atoms with Crippen LogP contribution < -0.4 is 0 Å². The summed E-state index contributed by atoms with van der Waals surface area (Å²) in [6.45, 7) is 1.20. The van der Waals surface area contributed by atoms with Gasteiger partial charge in [0.2, 0.25) is 0 Å². The Kier molecular flexibility index (Phi) is 2.03. The third kappa shape index (κ3) is 1.34. The first-order valence-corrected chi connectivity index (χ1v) is 3.64. The van der Waals surface area contributed by atoms with Gasteiger partial charge in [0.05, 0.1) is 12.0 Å². The number of aliphatic hydroxyl groups is 2. The minimum absolute atomic E-state index is 0.311. The Morgan fingerprint density at radius 1 is 1.90 bits per heavy atom. The highest BCUT2D eigenvalue weighted by Crippen LogP contribution is 2.20. The van der Waals surface area contributed by atoms with E-state index in [4.69, 9.17) is 5.11 Å². The SMILES string of the molecule is C[C@](O)(CO)c1nc[c]s1. The van der Waals surface area contributed by atoms with Crippen LogP contribution in [0, 0.1) is 5.38 Å². The fourth-order valence-corrected chi connectivity index (χ4v) is 1.12. The molecule has 1 radical (unpaired) electrons. The van der Waals surface area contributed by atoms with E-state index in [1.165, 1.54) is 24.5 Å². The summed E-state index contributed by atoms with van der Waals surface area (Å²) >= 11 is 1.21. The maximum Gasteiger partial charge on any atom is 0.136 e. The van der Waals surface area contributed by atoms with Gasteiger partial charge in [-0.15, -0.1) is 11.3 Å². The van der Waals surface area contributed by atoms with Crippen LogP contribution in [0.5, 0.6) is 0 Å². The third-order valence-corrected chi connectivity index (χ3v) is 2.12. The number of nitrogens with zero attached hydrogens (tertiary/aromatic N) is 1. The molecule has 0 saturated heterocycles. The van der Waals surface area contributed by atoms with E-state index in [1.54, 1.807) is 0 Å². The highest BCUT2D eigenvalue weighted by atomic mass is 32.1. The van der Waals surface area contributed by atoms with E-state index in [1.807, 2.05) is 0 Å². The molecule has 0 unspecified atom stereocenters. The molecule has 55 valence electrons. The molecule has 0 bridgehead atoms. The van der Waals surface area contributed by atoms with Gasteiger partial charge in [-0.2, -0.15) is 0 Å². The molecule has 0 fully saturated rings. The number of aromatic nitrogens is 1. The van der Waals surface area contributed by atoms with E-state index in [-0.39, 0.29) is 6.61 Å².